The number of rotatable bonds is 6. The molecule has 0 amide bonds. The number of benzene rings is 2. The molecule has 0 saturated carbocycles. The topological polar surface area (TPSA) is 37.4 Å². The van der Waals surface area contributed by atoms with Crippen LogP contribution in [0.1, 0.15) is 11.1 Å². The van der Waals surface area contributed by atoms with Crippen LogP contribution < -0.4 is 0 Å². The quantitative estimate of drug-likeness (QED) is 0.783. The van der Waals surface area contributed by atoms with E-state index in [0.29, 0.717) is 13.0 Å². The van der Waals surface area contributed by atoms with Crippen LogP contribution in [0.15, 0.2) is 59.1 Å². The molecule has 3 nitrogen and oxygen atoms in total. The zero-order valence-corrected chi connectivity index (χ0v) is 14.3. The molecule has 2 rings (SSSR count). The summed E-state index contributed by atoms with van der Waals surface area (Å²) in [6.45, 7) is 0.374. The molecule has 0 aliphatic carbocycles. The number of halogens is 1. The fourth-order valence-electron chi connectivity index (χ4n) is 2.01. The molecule has 21 heavy (non-hydrogen) atoms. The summed E-state index contributed by atoms with van der Waals surface area (Å²) in [4.78, 5) is 0. The Morgan fingerprint density at radius 3 is 2.29 bits per heavy atom. The first-order valence-corrected chi connectivity index (χ1v) is 9.10. The summed E-state index contributed by atoms with van der Waals surface area (Å²) in [7, 11) is -1.64. The van der Waals surface area contributed by atoms with Gasteiger partial charge in [0.05, 0.1) is 5.75 Å². The van der Waals surface area contributed by atoms with Crippen molar-refractivity contribution < 1.29 is 8.42 Å². The molecule has 0 saturated heterocycles. The smallest absolute Gasteiger partial charge is 0.212 e. The van der Waals surface area contributed by atoms with Crippen molar-refractivity contribution in [3.63, 3.8) is 0 Å². The van der Waals surface area contributed by atoms with E-state index in [1.165, 1.54) is 4.31 Å². The van der Waals surface area contributed by atoms with Crippen molar-refractivity contribution >= 4 is 26.0 Å². The van der Waals surface area contributed by atoms with E-state index in [9.17, 15) is 8.42 Å². The molecule has 0 atom stereocenters. The van der Waals surface area contributed by atoms with E-state index in [4.69, 9.17) is 0 Å². The lowest BCUT2D eigenvalue weighted by Gasteiger charge is -2.18. The Bertz CT molecular complexity index is 686. The Morgan fingerprint density at radius 1 is 1.00 bits per heavy atom. The third-order valence-corrected chi connectivity index (χ3v) is 5.89. The van der Waals surface area contributed by atoms with Crippen molar-refractivity contribution in [1.29, 1.82) is 0 Å². The van der Waals surface area contributed by atoms with E-state index in [2.05, 4.69) is 15.9 Å². The van der Waals surface area contributed by atoms with Gasteiger partial charge in [-0.2, -0.15) is 0 Å². The highest BCUT2D eigenvalue weighted by atomic mass is 79.9. The average Bonchev–Trinajstić information content (AvgIpc) is 2.48. The highest BCUT2D eigenvalue weighted by Gasteiger charge is 2.18. The summed E-state index contributed by atoms with van der Waals surface area (Å²) in [5, 5.41) is 0. The van der Waals surface area contributed by atoms with Gasteiger partial charge in [-0.05, 0) is 23.6 Å². The van der Waals surface area contributed by atoms with E-state index < -0.39 is 10.0 Å². The second-order valence-electron chi connectivity index (χ2n) is 4.90. The summed E-state index contributed by atoms with van der Waals surface area (Å²) < 4.78 is 27.0. The standard InChI is InChI=1S/C16H18BrNO2S/c1-18(13-15-9-5-6-10-16(15)17)21(19,20)12-11-14-7-3-2-4-8-14/h2-10H,11-13H2,1H3. The Balaban J connectivity index is 2.00. The van der Waals surface area contributed by atoms with Crippen molar-refractivity contribution in [3.05, 3.63) is 70.2 Å². The molecule has 0 aromatic heterocycles. The van der Waals surface area contributed by atoms with Gasteiger partial charge in [-0.25, -0.2) is 12.7 Å². The van der Waals surface area contributed by atoms with Crippen LogP contribution in [0.2, 0.25) is 0 Å². The van der Waals surface area contributed by atoms with Gasteiger partial charge in [-0.15, -0.1) is 0 Å². The lowest BCUT2D eigenvalue weighted by molar-refractivity contribution is 0.466. The first kappa shape index (κ1) is 16.2. The molecule has 0 aliphatic heterocycles. The predicted molar refractivity (Wildman–Crippen MR) is 89.5 cm³/mol. The highest BCUT2D eigenvalue weighted by molar-refractivity contribution is 9.10. The number of aryl methyl sites for hydroxylation is 1. The molecule has 112 valence electrons. The monoisotopic (exact) mass is 367 g/mol. The number of hydrogen-bond acceptors (Lipinski definition) is 2. The molecule has 5 heteroatoms. The van der Waals surface area contributed by atoms with Gasteiger partial charge in [0.1, 0.15) is 0 Å². The third kappa shape index (κ3) is 4.66. The minimum absolute atomic E-state index is 0.123. The van der Waals surface area contributed by atoms with Gasteiger partial charge in [0.15, 0.2) is 0 Å². The molecule has 2 aromatic carbocycles. The first-order valence-electron chi connectivity index (χ1n) is 6.70. The Labute approximate surface area is 134 Å². The first-order chi connectivity index (χ1) is 9.99. The second kappa shape index (κ2) is 7.20. The van der Waals surface area contributed by atoms with Crippen LogP contribution in [0.5, 0.6) is 0 Å². The second-order valence-corrected chi connectivity index (χ2v) is 7.95. The lowest BCUT2D eigenvalue weighted by Crippen LogP contribution is -2.29. The Kier molecular flexibility index (Phi) is 5.56. The molecule has 0 bridgehead atoms. The predicted octanol–water partition coefficient (Wildman–Crippen LogP) is 3.45. The van der Waals surface area contributed by atoms with Gasteiger partial charge in [0, 0.05) is 18.1 Å². The average molecular weight is 368 g/mol. The number of hydrogen-bond donors (Lipinski definition) is 0. The number of nitrogens with zero attached hydrogens (tertiary/aromatic N) is 1. The Morgan fingerprint density at radius 2 is 1.62 bits per heavy atom. The molecular formula is C16H18BrNO2S. The van der Waals surface area contributed by atoms with Crippen molar-refractivity contribution in [3.8, 4) is 0 Å². The van der Waals surface area contributed by atoms with Gasteiger partial charge < -0.3 is 0 Å². The van der Waals surface area contributed by atoms with Gasteiger partial charge >= 0.3 is 0 Å². The molecule has 0 N–H and O–H groups in total. The minimum Gasteiger partial charge on any atom is -0.212 e. The molecule has 0 heterocycles. The van der Waals surface area contributed by atoms with E-state index in [1.54, 1.807) is 7.05 Å². The third-order valence-electron chi connectivity index (χ3n) is 3.32. The summed E-state index contributed by atoms with van der Waals surface area (Å²) in [5.41, 5.74) is 2.00. The summed E-state index contributed by atoms with van der Waals surface area (Å²) in [5.74, 6) is 0.123. The maximum Gasteiger partial charge on any atom is 0.214 e. The van der Waals surface area contributed by atoms with Crippen LogP contribution in [0.3, 0.4) is 0 Å². The van der Waals surface area contributed by atoms with E-state index in [1.807, 2.05) is 54.6 Å². The fraction of sp³-hybridized carbons (Fsp3) is 0.250. The molecule has 0 fully saturated rings. The summed E-state index contributed by atoms with van der Waals surface area (Å²) >= 11 is 3.45. The van der Waals surface area contributed by atoms with Crippen molar-refractivity contribution in [1.82, 2.24) is 4.31 Å². The molecule has 0 spiro atoms. The van der Waals surface area contributed by atoms with E-state index in [0.717, 1.165) is 15.6 Å². The van der Waals surface area contributed by atoms with Gasteiger partial charge in [-0.3, -0.25) is 0 Å². The lowest BCUT2D eigenvalue weighted by atomic mass is 10.2. The van der Waals surface area contributed by atoms with E-state index >= 15 is 0 Å². The van der Waals surface area contributed by atoms with Crippen LogP contribution in [0, 0.1) is 0 Å². The highest BCUT2D eigenvalue weighted by Crippen LogP contribution is 2.18. The molecule has 0 radical (unpaired) electrons. The van der Waals surface area contributed by atoms with Crippen molar-refractivity contribution in [2.45, 2.75) is 13.0 Å². The van der Waals surface area contributed by atoms with Crippen LogP contribution in [-0.4, -0.2) is 25.5 Å². The van der Waals surface area contributed by atoms with Crippen LogP contribution in [0.4, 0.5) is 0 Å². The fourth-order valence-corrected chi connectivity index (χ4v) is 3.56. The summed E-state index contributed by atoms with van der Waals surface area (Å²) in [6.07, 6.45) is 0.531. The maximum atomic E-state index is 12.3. The number of sulfonamides is 1. The Hall–Kier alpha value is -1.17. The van der Waals surface area contributed by atoms with Crippen molar-refractivity contribution in [2.24, 2.45) is 0 Å². The minimum atomic E-state index is -3.26. The van der Waals surface area contributed by atoms with Crippen LogP contribution >= 0.6 is 15.9 Å². The SMILES string of the molecule is CN(Cc1ccccc1Br)S(=O)(=O)CCc1ccccc1. The maximum absolute atomic E-state index is 12.3. The molecule has 0 unspecified atom stereocenters. The van der Waals surface area contributed by atoms with Gasteiger partial charge in [0.2, 0.25) is 10.0 Å². The van der Waals surface area contributed by atoms with Crippen LogP contribution in [0.25, 0.3) is 0 Å². The normalized spacial score (nSPS) is 11.8. The zero-order chi connectivity index (χ0) is 15.3. The van der Waals surface area contributed by atoms with Crippen molar-refractivity contribution in [2.75, 3.05) is 12.8 Å². The molecule has 0 aliphatic rings. The molecule has 2 aromatic rings. The zero-order valence-electron chi connectivity index (χ0n) is 11.9. The summed E-state index contributed by atoms with van der Waals surface area (Å²) in [6, 6.07) is 17.3. The van der Waals surface area contributed by atoms with Crippen LogP contribution in [-0.2, 0) is 23.0 Å². The van der Waals surface area contributed by atoms with E-state index in [-0.39, 0.29) is 5.75 Å². The largest absolute Gasteiger partial charge is 0.214 e. The molecular weight excluding hydrogens is 350 g/mol. The van der Waals surface area contributed by atoms with Gasteiger partial charge in [0.25, 0.3) is 0 Å². The van der Waals surface area contributed by atoms with Gasteiger partial charge in [-0.1, -0.05) is 64.5 Å².